The Morgan fingerprint density at radius 2 is 2.31 bits per heavy atom. The van der Waals surface area contributed by atoms with Crippen molar-refractivity contribution >= 4 is 33.4 Å². The molecule has 0 aliphatic rings. The summed E-state index contributed by atoms with van der Waals surface area (Å²) in [4.78, 5) is 11.7. The molecule has 1 rings (SSSR count). The van der Waals surface area contributed by atoms with Crippen molar-refractivity contribution in [3.63, 3.8) is 0 Å². The first-order valence-corrected chi connectivity index (χ1v) is 6.36. The van der Waals surface area contributed by atoms with Gasteiger partial charge in [-0.2, -0.15) is 0 Å². The molecule has 0 aliphatic carbocycles. The number of carbonyl (C=O) groups is 1. The third kappa shape index (κ3) is 3.76. The Balaban J connectivity index is 2.69. The van der Waals surface area contributed by atoms with E-state index in [9.17, 15) is 9.18 Å². The van der Waals surface area contributed by atoms with Crippen LogP contribution >= 0.6 is 27.5 Å². The minimum Gasteiger partial charge on any atom is -0.350 e. The number of hydrogen-bond acceptors (Lipinski definition) is 1. The molecule has 1 unspecified atom stereocenters. The van der Waals surface area contributed by atoms with E-state index in [4.69, 9.17) is 11.6 Å². The van der Waals surface area contributed by atoms with Crippen LogP contribution < -0.4 is 5.32 Å². The van der Waals surface area contributed by atoms with Gasteiger partial charge in [-0.05, 0) is 31.5 Å². The SMILES string of the molecule is CC(CCBr)NC(=O)c1ccc(F)c(Cl)c1. The van der Waals surface area contributed by atoms with Crippen LogP contribution in [0.1, 0.15) is 23.7 Å². The van der Waals surface area contributed by atoms with Gasteiger partial charge in [-0.3, -0.25) is 4.79 Å². The number of alkyl halides is 1. The number of nitrogens with one attached hydrogen (secondary N) is 1. The maximum absolute atomic E-state index is 12.9. The lowest BCUT2D eigenvalue weighted by Gasteiger charge is -2.12. The molecule has 5 heteroatoms. The van der Waals surface area contributed by atoms with Crippen molar-refractivity contribution in [3.8, 4) is 0 Å². The van der Waals surface area contributed by atoms with Crippen molar-refractivity contribution in [2.75, 3.05) is 5.33 Å². The van der Waals surface area contributed by atoms with Gasteiger partial charge in [0, 0.05) is 16.9 Å². The van der Waals surface area contributed by atoms with Crippen molar-refractivity contribution in [2.24, 2.45) is 0 Å². The molecule has 1 aromatic carbocycles. The van der Waals surface area contributed by atoms with Gasteiger partial charge in [-0.25, -0.2) is 4.39 Å². The first kappa shape index (κ1) is 13.5. The maximum atomic E-state index is 12.9. The molecular weight excluding hydrogens is 296 g/mol. The Morgan fingerprint density at radius 1 is 1.62 bits per heavy atom. The first-order chi connectivity index (χ1) is 7.54. The van der Waals surface area contributed by atoms with Gasteiger partial charge in [-0.15, -0.1) is 0 Å². The van der Waals surface area contributed by atoms with E-state index in [2.05, 4.69) is 21.2 Å². The number of halogens is 3. The molecule has 1 N–H and O–H groups in total. The van der Waals surface area contributed by atoms with E-state index in [0.717, 1.165) is 11.8 Å². The highest BCUT2D eigenvalue weighted by molar-refractivity contribution is 9.09. The lowest BCUT2D eigenvalue weighted by Crippen LogP contribution is -2.32. The molecule has 0 aromatic heterocycles. The molecule has 0 aliphatic heterocycles. The van der Waals surface area contributed by atoms with Crippen LogP contribution in [0.3, 0.4) is 0 Å². The molecule has 0 spiro atoms. The Morgan fingerprint density at radius 3 is 2.88 bits per heavy atom. The van der Waals surface area contributed by atoms with Crippen molar-refractivity contribution in [3.05, 3.63) is 34.6 Å². The zero-order chi connectivity index (χ0) is 12.1. The average Bonchev–Trinajstić information content (AvgIpc) is 2.22. The van der Waals surface area contributed by atoms with Gasteiger partial charge in [0.2, 0.25) is 0 Å². The van der Waals surface area contributed by atoms with E-state index in [1.165, 1.54) is 18.2 Å². The summed E-state index contributed by atoms with van der Waals surface area (Å²) < 4.78 is 12.9. The zero-order valence-electron chi connectivity index (χ0n) is 8.77. The molecule has 2 nitrogen and oxygen atoms in total. The van der Waals surface area contributed by atoms with E-state index in [1.807, 2.05) is 6.92 Å². The standard InChI is InChI=1S/C11H12BrClFNO/c1-7(4-5-12)15-11(16)8-2-3-10(14)9(13)6-8/h2-3,6-7H,4-5H2,1H3,(H,15,16). The molecule has 0 saturated heterocycles. The van der Waals surface area contributed by atoms with Gasteiger partial charge in [0.1, 0.15) is 5.82 Å². The first-order valence-electron chi connectivity index (χ1n) is 4.86. The van der Waals surface area contributed by atoms with E-state index < -0.39 is 5.82 Å². The number of benzene rings is 1. The van der Waals surface area contributed by atoms with Crippen molar-refractivity contribution < 1.29 is 9.18 Å². The Kier molecular flexibility index (Phi) is 5.22. The van der Waals surface area contributed by atoms with Crippen LogP contribution in [0.25, 0.3) is 0 Å². The van der Waals surface area contributed by atoms with Crippen LogP contribution in [-0.4, -0.2) is 17.3 Å². The molecule has 16 heavy (non-hydrogen) atoms. The lowest BCUT2D eigenvalue weighted by molar-refractivity contribution is 0.0939. The average molecular weight is 309 g/mol. The number of hydrogen-bond donors (Lipinski definition) is 1. The highest BCUT2D eigenvalue weighted by Gasteiger charge is 2.11. The predicted molar refractivity (Wildman–Crippen MR) is 66.7 cm³/mol. The molecule has 1 atom stereocenters. The van der Waals surface area contributed by atoms with Crippen LogP contribution in [-0.2, 0) is 0 Å². The van der Waals surface area contributed by atoms with Gasteiger partial charge in [0.25, 0.3) is 5.91 Å². The van der Waals surface area contributed by atoms with Crippen molar-refractivity contribution in [1.29, 1.82) is 0 Å². The molecule has 0 bridgehead atoms. The summed E-state index contributed by atoms with van der Waals surface area (Å²) in [5.74, 6) is -0.762. The second kappa shape index (κ2) is 6.21. The predicted octanol–water partition coefficient (Wildman–Crippen LogP) is 3.38. The van der Waals surface area contributed by atoms with Crippen LogP contribution in [0, 0.1) is 5.82 Å². The Hall–Kier alpha value is -0.610. The number of carbonyl (C=O) groups excluding carboxylic acids is 1. The summed E-state index contributed by atoms with van der Waals surface area (Å²) in [5, 5.41) is 3.57. The molecular formula is C11H12BrClFNO. The summed E-state index contributed by atoms with van der Waals surface area (Å²) in [6, 6.07) is 3.99. The highest BCUT2D eigenvalue weighted by atomic mass is 79.9. The third-order valence-corrected chi connectivity index (χ3v) is 2.85. The van der Waals surface area contributed by atoms with Gasteiger partial charge < -0.3 is 5.32 Å². The smallest absolute Gasteiger partial charge is 0.251 e. The van der Waals surface area contributed by atoms with E-state index in [0.29, 0.717) is 5.56 Å². The van der Waals surface area contributed by atoms with Crippen LogP contribution in [0.2, 0.25) is 5.02 Å². The molecule has 1 amide bonds. The summed E-state index contributed by atoms with van der Waals surface area (Å²) in [7, 11) is 0. The van der Waals surface area contributed by atoms with Gasteiger partial charge in [-0.1, -0.05) is 27.5 Å². The second-order valence-electron chi connectivity index (χ2n) is 3.48. The fourth-order valence-corrected chi connectivity index (χ4v) is 2.05. The monoisotopic (exact) mass is 307 g/mol. The van der Waals surface area contributed by atoms with Gasteiger partial charge in [0.05, 0.1) is 5.02 Å². The van der Waals surface area contributed by atoms with Gasteiger partial charge in [0.15, 0.2) is 0 Å². The Labute approximate surface area is 107 Å². The zero-order valence-corrected chi connectivity index (χ0v) is 11.1. The summed E-state index contributed by atoms with van der Waals surface area (Å²) in [6.07, 6.45) is 0.834. The normalized spacial score (nSPS) is 12.2. The fourth-order valence-electron chi connectivity index (χ4n) is 1.18. The summed E-state index contributed by atoms with van der Waals surface area (Å²) in [5.41, 5.74) is 0.368. The second-order valence-corrected chi connectivity index (χ2v) is 4.68. The van der Waals surface area contributed by atoms with Crippen LogP contribution in [0.15, 0.2) is 18.2 Å². The minimum absolute atomic E-state index is 0.0409. The van der Waals surface area contributed by atoms with Crippen LogP contribution in [0.5, 0.6) is 0 Å². The molecule has 1 aromatic rings. The summed E-state index contributed by atoms with van der Waals surface area (Å²) in [6.45, 7) is 1.91. The molecule has 0 radical (unpaired) electrons. The van der Waals surface area contributed by atoms with Crippen molar-refractivity contribution in [1.82, 2.24) is 5.32 Å². The lowest BCUT2D eigenvalue weighted by atomic mass is 10.2. The van der Waals surface area contributed by atoms with Crippen molar-refractivity contribution in [2.45, 2.75) is 19.4 Å². The molecule has 0 fully saturated rings. The third-order valence-electron chi connectivity index (χ3n) is 2.10. The fraction of sp³-hybridized carbons (Fsp3) is 0.364. The Bertz CT molecular complexity index is 386. The quantitative estimate of drug-likeness (QED) is 0.849. The maximum Gasteiger partial charge on any atom is 0.251 e. The van der Waals surface area contributed by atoms with E-state index in [1.54, 1.807) is 0 Å². The van der Waals surface area contributed by atoms with E-state index >= 15 is 0 Å². The van der Waals surface area contributed by atoms with Gasteiger partial charge >= 0.3 is 0 Å². The largest absolute Gasteiger partial charge is 0.350 e. The van der Waals surface area contributed by atoms with E-state index in [-0.39, 0.29) is 17.0 Å². The summed E-state index contributed by atoms with van der Waals surface area (Å²) >= 11 is 8.89. The highest BCUT2D eigenvalue weighted by Crippen LogP contribution is 2.16. The molecule has 0 saturated carbocycles. The number of rotatable bonds is 4. The van der Waals surface area contributed by atoms with Crippen LogP contribution in [0.4, 0.5) is 4.39 Å². The minimum atomic E-state index is -0.522. The molecule has 88 valence electrons. The topological polar surface area (TPSA) is 29.1 Å². The molecule has 0 heterocycles. The number of amides is 1.